The molecule has 0 bridgehead atoms. The second kappa shape index (κ2) is 6.39. The summed E-state index contributed by atoms with van der Waals surface area (Å²) in [7, 11) is 0. The van der Waals surface area contributed by atoms with E-state index >= 15 is 0 Å². The largest absolute Gasteiger partial charge is 0.573 e. The molecule has 0 saturated carbocycles. The number of hydrogen-bond acceptors (Lipinski definition) is 4. The van der Waals surface area contributed by atoms with E-state index in [9.17, 15) is 28.1 Å². The van der Waals surface area contributed by atoms with Gasteiger partial charge in [-0.25, -0.2) is 4.79 Å². The summed E-state index contributed by atoms with van der Waals surface area (Å²) < 4.78 is 42.8. The molecule has 3 rings (SSSR count). The van der Waals surface area contributed by atoms with Crippen LogP contribution in [0.3, 0.4) is 0 Å². The predicted molar refractivity (Wildman–Crippen MR) is 84.7 cm³/mol. The molecule has 0 saturated heterocycles. The molecule has 0 atom stereocenters. The van der Waals surface area contributed by atoms with E-state index in [1.165, 1.54) is 57.9 Å². The molecule has 0 fully saturated rings. The summed E-state index contributed by atoms with van der Waals surface area (Å²) in [5.74, 6) is -0.399. The number of aromatic nitrogens is 2. The van der Waals surface area contributed by atoms with Gasteiger partial charge in [-0.05, 0) is 36.4 Å². The van der Waals surface area contributed by atoms with E-state index in [0.717, 1.165) is 12.1 Å². The lowest BCUT2D eigenvalue weighted by Gasteiger charge is -2.09. The van der Waals surface area contributed by atoms with Crippen molar-refractivity contribution in [1.29, 1.82) is 0 Å². The number of ether oxygens (including phenoxy) is 1. The highest BCUT2D eigenvalue weighted by Crippen LogP contribution is 2.23. The smallest absolute Gasteiger partial charge is 0.406 e. The number of alkyl halides is 3. The summed E-state index contributed by atoms with van der Waals surface area (Å²) in [4.78, 5) is 22.6. The summed E-state index contributed by atoms with van der Waals surface area (Å²) in [6, 6.07) is 10.2. The van der Waals surface area contributed by atoms with Gasteiger partial charge in [0, 0.05) is 24.5 Å². The van der Waals surface area contributed by atoms with Gasteiger partial charge in [0.25, 0.3) is 5.69 Å². The maximum atomic E-state index is 12.5. The van der Waals surface area contributed by atoms with Crippen LogP contribution < -0.4 is 10.4 Å². The monoisotopic (exact) mass is 365 g/mol. The third-order valence-electron chi connectivity index (χ3n) is 3.46. The van der Waals surface area contributed by atoms with Gasteiger partial charge in [-0.2, -0.15) is 0 Å². The van der Waals surface area contributed by atoms with Crippen molar-refractivity contribution < 1.29 is 22.8 Å². The Morgan fingerprint density at radius 2 is 1.35 bits per heavy atom. The molecule has 1 aromatic heterocycles. The maximum Gasteiger partial charge on any atom is 0.573 e. The lowest BCUT2D eigenvalue weighted by molar-refractivity contribution is -0.384. The van der Waals surface area contributed by atoms with Crippen molar-refractivity contribution in [2.24, 2.45) is 0 Å². The minimum absolute atomic E-state index is 0.110. The number of imidazole rings is 1. The van der Waals surface area contributed by atoms with Gasteiger partial charge in [-0.15, -0.1) is 13.2 Å². The third-order valence-corrected chi connectivity index (χ3v) is 3.46. The lowest BCUT2D eigenvalue weighted by atomic mass is 10.3. The van der Waals surface area contributed by atoms with Crippen molar-refractivity contribution in [3.8, 4) is 17.1 Å². The van der Waals surface area contributed by atoms with E-state index in [0.29, 0.717) is 11.4 Å². The SMILES string of the molecule is O=c1n(-c2ccc(OC(F)(F)F)cc2)ccn1-c1ccc([N+](=O)[O-])cc1. The average molecular weight is 365 g/mol. The van der Waals surface area contributed by atoms with Gasteiger partial charge in [0.15, 0.2) is 0 Å². The molecule has 0 aliphatic carbocycles. The standard InChI is InChI=1S/C16H10F3N3O4/c17-16(18,19)26-14-7-5-12(6-8-14)21-10-9-20(15(21)23)11-1-3-13(4-2-11)22(24)25/h1-10H. The van der Waals surface area contributed by atoms with Crippen LogP contribution in [0.25, 0.3) is 11.4 Å². The number of rotatable bonds is 4. The van der Waals surface area contributed by atoms with E-state index in [1.54, 1.807) is 0 Å². The summed E-state index contributed by atoms with van der Waals surface area (Å²) in [6.07, 6.45) is -1.91. The quantitative estimate of drug-likeness (QED) is 0.524. The zero-order valence-corrected chi connectivity index (χ0v) is 12.9. The van der Waals surface area contributed by atoms with Crippen molar-refractivity contribution >= 4 is 5.69 Å². The van der Waals surface area contributed by atoms with Gasteiger partial charge >= 0.3 is 12.1 Å². The van der Waals surface area contributed by atoms with Crippen molar-refractivity contribution in [1.82, 2.24) is 9.13 Å². The van der Waals surface area contributed by atoms with Crippen LogP contribution in [0.4, 0.5) is 18.9 Å². The minimum atomic E-state index is -4.79. The lowest BCUT2D eigenvalue weighted by Crippen LogP contribution is -2.21. The van der Waals surface area contributed by atoms with Gasteiger partial charge < -0.3 is 4.74 Å². The molecule has 0 radical (unpaired) electrons. The molecule has 0 aliphatic heterocycles. The highest BCUT2D eigenvalue weighted by atomic mass is 19.4. The first-order valence-electron chi connectivity index (χ1n) is 7.15. The van der Waals surface area contributed by atoms with Crippen molar-refractivity contribution in [2.45, 2.75) is 6.36 Å². The highest BCUT2D eigenvalue weighted by Gasteiger charge is 2.31. The van der Waals surface area contributed by atoms with Gasteiger partial charge in [0.05, 0.1) is 16.3 Å². The Bertz CT molecular complexity index is 989. The Labute approximate surface area is 143 Å². The normalized spacial score (nSPS) is 11.3. The summed E-state index contributed by atoms with van der Waals surface area (Å²) in [6.45, 7) is 0. The molecule has 7 nitrogen and oxygen atoms in total. The number of nitro benzene ring substituents is 1. The topological polar surface area (TPSA) is 79.3 Å². The van der Waals surface area contributed by atoms with Gasteiger partial charge in [-0.3, -0.25) is 19.2 Å². The first-order valence-corrected chi connectivity index (χ1v) is 7.15. The van der Waals surface area contributed by atoms with Crippen LogP contribution in [0.5, 0.6) is 5.75 Å². The molecule has 3 aromatic rings. The fourth-order valence-electron chi connectivity index (χ4n) is 2.31. The first kappa shape index (κ1) is 17.3. The van der Waals surface area contributed by atoms with E-state index in [-0.39, 0.29) is 5.69 Å². The molecular formula is C16H10F3N3O4. The fraction of sp³-hybridized carbons (Fsp3) is 0.0625. The Balaban J connectivity index is 1.89. The number of non-ortho nitro benzene ring substituents is 1. The van der Waals surface area contributed by atoms with Crippen molar-refractivity contribution in [3.63, 3.8) is 0 Å². The molecule has 1 heterocycles. The fourth-order valence-corrected chi connectivity index (χ4v) is 2.31. The number of nitrogens with zero attached hydrogens (tertiary/aromatic N) is 3. The summed E-state index contributed by atoms with van der Waals surface area (Å²) >= 11 is 0. The van der Waals surface area contributed by atoms with Crippen LogP contribution in [0.1, 0.15) is 0 Å². The van der Waals surface area contributed by atoms with Crippen LogP contribution in [-0.4, -0.2) is 20.4 Å². The van der Waals surface area contributed by atoms with Gasteiger partial charge in [-0.1, -0.05) is 0 Å². The van der Waals surface area contributed by atoms with E-state index in [1.807, 2.05) is 0 Å². The average Bonchev–Trinajstić information content (AvgIpc) is 2.96. The van der Waals surface area contributed by atoms with Crippen LogP contribution in [0, 0.1) is 10.1 Å². The third kappa shape index (κ3) is 3.58. The molecule has 0 N–H and O–H groups in total. The zero-order valence-electron chi connectivity index (χ0n) is 12.9. The first-order chi connectivity index (χ1) is 12.2. The van der Waals surface area contributed by atoms with Crippen molar-refractivity contribution in [3.05, 3.63) is 81.5 Å². The summed E-state index contributed by atoms with van der Waals surface area (Å²) in [5, 5.41) is 10.7. The number of benzene rings is 2. The Morgan fingerprint density at radius 1 is 0.885 bits per heavy atom. The van der Waals surface area contributed by atoms with E-state index < -0.39 is 22.7 Å². The van der Waals surface area contributed by atoms with E-state index in [2.05, 4.69) is 4.74 Å². The van der Waals surface area contributed by atoms with Gasteiger partial charge in [0.2, 0.25) is 0 Å². The summed E-state index contributed by atoms with van der Waals surface area (Å²) in [5.41, 5.74) is 0.159. The van der Waals surface area contributed by atoms with Gasteiger partial charge in [0.1, 0.15) is 5.75 Å². The molecule has 0 amide bonds. The van der Waals surface area contributed by atoms with Crippen LogP contribution >= 0.6 is 0 Å². The van der Waals surface area contributed by atoms with Crippen LogP contribution in [0.15, 0.2) is 65.7 Å². The molecule has 0 aliphatic rings. The highest BCUT2D eigenvalue weighted by molar-refractivity contribution is 5.42. The molecule has 0 unspecified atom stereocenters. The Kier molecular flexibility index (Phi) is 4.24. The molecular weight excluding hydrogens is 355 g/mol. The maximum absolute atomic E-state index is 12.5. The number of hydrogen-bond donors (Lipinski definition) is 0. The molecule has 26 heavy (non-hydrogen) atoms. The molecule has 10 heteroatoms. The molecule has 2 aromatic carbocycles. The number of nitro groups is 1. The van der Waals surface area contributed by atoms with Crippen LogP contribution in [0.2, 0.25) is 0 Å². The Morgan fingerprint density at radius 3 is 1.77 bits per heavy atom. The minimum Gasteiger partial charge on any atom is -0.406 e. The van der Waals surface area contributed by atoms with E-state index in [4.69, 9.17) is 0 Å². The molecule has 134 valence electrons. The zero-order chi connectivity index (χ0) is 18.9. The predicted octanol–water partition coefficient (Wildman–Crippen LogP) is 3.44. The second-order valence-electron chi connectivity index (χ2n) is 5.14. The number of halogens is 3. The second-order valence-corrected chi connectivity index (χ2v) is 5.14. The van der Waals surface area contributed by atoms with Crippen LogP contribution in [-0.2, 0) is 0 Å². The Hall–Kier alpha value is -3.56. The molecule has 0 spiro atoms. The van der Waals surface area contributed by atoms with Crippen molar-refractivity contribution in [2.75, 3.05) is 0 Å².